The Labute approximate surface area is 239 Å². The predicted octanol–water partition coefficient (Wildman–Crippen LogP) is 5.61. The molecule has 3 fully saturated rings. The van der Waals surface area contributed by atoms with Crippen LogP contribution in [0.5, 0.6) is 0 Å². The Balaban J connectivity index is 1.14. The molecule has 6 rings (SSSR count). The Bertz CT molecular complexity index is 1290. The molecule has 40 heavy (non-hydrogen) atoms. The van der Waals surface area contributed by atoms with Gasteiger partial charge in [-0.2, -0.15) is 0 Å². The molecule has 1 amide bonds. The van der Waals surface area contributed by atoms with Gasteiger partial charge in [0, 0.05) is 68.8 Å². The number of anilines is 1. The minimum atomic E-state index is -0.364. The first kappa shape index (κ1) is 27.0. The first-order chi connectivity index (χ1) is 19.4. The molecule has 210 valence electrons. The number of hydrogen-bond acceptors (Lipinski definition) is 5. The van der Waals surface area contributed by atoms with Crippen molar-refractivity contribution < 1.29 is 4.79 Å². The number of pyridine rings is 1. The van der Waals surface area contributed by atoms with Crippen molar-refractivity contribution in [2.75, 3.05) is 37.6 Å². The summed E-state index contributed by atoms with van der Waals surface area (Å²) in [5.74, 6) is 0.148. The molecule has 6 nitrogen and oxygen atoms in total. The van der Waals surface area contributed by atoms with Gasteiger partial charge < -0.3 is 10.6 Å². The number of rotatable bonds is 7. The molecule has 1 aromatic heterocycles. The van der Waals surface area contributed by atoms with Gasteiger partial charge in [-0.05, 0) is 84.5 Å². The van der Waals surface area contributed by atoms with Gasteiger partial charge in [0.2, 0.25) is 5.91 Å². The van der Waals surface area contributed by atoms with E-state index in [0.29, 0.717) is 29.0 Å². The number of piperazine rings is 1. The van der Waals surface area contributed by atoms with E-state index in [1.165, 1.54) is 42.5 Å². The molecule has 0 radical (unpaired) electrons. The summed E-state index contributed by atoms with van der Waals surface area (Å²) in [4.78, 5) is 24.0. The van der Waals surface area contributed by atoms with E-state index in [0.717, 1.165) is 45.0 Å². The molecule has 2 aromatic carbocycles. The Hall–Kier alpha value is -3.22. The standard InChI is InChI=1S/C34H43N5O/c1-25(2)30-8-3-4-9-31(30)32-24-37(23-27-7-5-6-16-36-27)19-20-39(32)29-21-34(22-29)14-17-38(18-15-34)28-12-10-26(11-13-28)33(35)40/h3-13,16,25,29,32H,14-15,17-24H2,1-2H3,(H2,35,40)/t32-/m0/s1. The smallest absolute Gasteiger partial charge is 0.248 e. The predicted molar refractivity (Wildman–Crippen MR) is 161 cm³/mol. The van der Waals surface area contributed by atoms with E-state index in [9.17, 15) is 4.79 Å². The highest BCUT2D eigenvalue weighted by Crippen LogP contribution is 2.53. The van der Waals surface area contributed by atoms with E-state index in [2.05, 4.69) is 69.9 Å². The van der Waals surface area contributed by atoms with Crippen LogP contribution in [-0.2, 0) is 6.54 Å². The number of primary amides is 1. The van der Waals surface area contributed by atoms with E-state index in [1.807, 2.05) is 36.5 Å². The number of aromatic nitrogens is 1. The Morgan fingerprint density at radius 1 is 0.950 bits per heavy atom. The molecule has 2 N–H and O–H groups in total. The molecule has 3 aliphatic rings. The number of piperidine rings is 1. The molecular formula is C34H43N5O. The fourth-order valence-electron chi connectivity index (χ4n) is 7.43. The fourth-order valence-corrected chi connectivity index (χ4v) is 7.43. The SMILES string of the molecule is CC(C)c1ccccc1[C@@H]1CN(Cc2ccccn2)CCN1C1CC2(CCN(c3ccc(C(N)=O)cc3)CC2)C1. The summed E-state index contributed by atoms with van der Waals surface area (Å²) in [7, 11) is 0. The van der Waals surface area contributed by atoms with Crippen molar-refractivity contribution in [1.82, 2.24) is 14.8 Å². The second-order valence-corrected chi connectivity index (χ2v) is 12.6. The summed E-state index contributed by atoms with van der Waals surface area (Å²) in [6.45, 7) is 11.0. The maximum atomic E-state index is 11.4. The van der Waals surface area contributed by atoms with Crippen LogP contribution < -0.4 is 10.6 Å². The van der Waals surface area contributed by atoms with Gasteiger partial charge in [-0.1, -0.05) is 44.2 Å². The van der Waals surface area contributed by atoms with Crippen molar-refractivity contribution in [3.63, 3.8) is 0 Å². The lowest BCUT2D eigenvalue weighted by molar-refractivity contribution is -0.0629. The molecule has 1 aliphatic carbocycles. The van der Waals surface area contributed by atoms with E-state index in [1.54, 1.807) is 0 Å². The van der Waals surface area contributed by atoms with Gasteiger partial charge in [-0.3, -0.25) is 19.6 Å². The van der Waals surface area contributed by atoms with Crippen molar-refractivity contribution in [2.45, 2.75) is 64.1 Å². The third kappa shape index (κ3) is 5.52. The zero-order valence-electron chi connectivity index (χ0n) is 24.0. The minimum absolute atomic E-state index is 0.364. The van der Waals surface area contributed by atoms with Crippen LogP contribution in [0.2, 0.25) is 0 Å². The van der Waals surface area contributed by atoms with E-state index >= 15 is 0 Å². The van der Waals surface area contributed by atoms with Crippen LogP contribution in [0.3, 0.4) is 0 Å². The van der Waals surface area contributed by atoms with Crippen molar-refractivity contribution in [1.29, 1.82) is 0 Å². The van der Waals surface area contributed by atoms with Gasteiger partial charge in [0.05, 0.1) is 5.69 Å². The second kappa shape index (κ2) is 11.3. The molecule has 2 aliphatic heterocycles. The Morgan fingerprint density at radius 2 is 1.68 bits per heavy atom. The number of hydrogen-bond donors (Lipinski definition) is 1. The zero-order chi connectivity index (χ0) is 27.7. The summed E-state index contributed by atoms with van der Waals surface area (Å²) >= 11 is 0. The molecule has 3 heterocycles. The first-order valence-electron chi connectivity index (χ1n) is 15.0. The normalized spacial score (nSPS) is 22.0. The van der Waals surface area contributed by atoms with E-state index in [-0.39, 0.29) is 5.91 Å². The first-order valence-corrected chi connectivity index (χ1v) is 15.0. The van der Waals surface area contributed by atoms with Crippen LogP contribution in [0.25, 0.3) is 0 Å². The number of carbonyl (C=O) groups excluding carboxylic acids is 1. The van der Waals surface area contributed by atoms with Gasteiger partial charge >= 0.3 is 0 Å². The van der Waals surface area contributed by atoms with Crippen LogP contribution in [0, 0.1) is 5.41 Å². The van der Waals surface area contributed by atoms with E-state index < -0.39 is 0 Å². The van der Waals surface area contributed by atoms with Crippen LogP contribution in [0.4, 0.5) is 5.69 Å². The fraction of sp³-hybridized carbons (Fsp3) is 0.471. The van der Waals surface area contributed by atoms with Crippen LogP contribution in [0.1, 0.15) is 78.7 Å². The number of nitrogens with two attached hydrogens (primary N) is 1. The lowest BCUT2D eigenvalue weighted by Gasteiger charge is -2.58. The molecule has 1 atom stereocenters. The lowest BCUT2D eigenvalue weighted by atomic mass is 9.59. The summed E-state index contributed by atoms with van der Waals surface area (Å²) in [5.41, 5.74) is 11.8. The topological polar surface area (TPSA) is 65.7 Å². The quantitative estimate of drug-likeness (QED) is 0.424. The third-order valence-corrected chi connectivity index (χ3v) is 9.74. The highest BCUT2D eigenvalue weighted by molar-refractivity contribution is 5.93. The van der Waals surface area contributed by atoms with Crippen molar-refractivity contribution in [3.05, 3.63) is 95.3 Å². The summed E-state index contributed by atoms with van der Waals surface area (Å²) in [5, 5.41) is 0. The monoisotopic (exact) mass is 537 g/mol. The highest BCUT2D eigenvalue weighted by Gasteiger charge is 2.50. The highest BCUT2D eigenvalue weighted by atomic mass is 16.1. The Kier molecular flexibility index (Phi) is 7.65. The molecule has 1 saturated carbocycles. The Morgan fingerprint density at radius 3 is 2.35 bits per heavy atom. The lowest BCUT2D eigenvalue weighted by Crippen LogP contribution is -2.60. The van der Waals surface area contributed by atoms with Crippen LogP contribution >= 0.6 is 0 Å². The van der Waals surface area contributed by atoms with Crippen molar-refractivity contribution >= 4 is 11.6 Å². The maximum Gasteiger partial charge on any atom is 0.248 e. The maximum absolute atomic E-state index is 11.4. The van der Waals surface area contributed by atoms with Crippen LogP contribution in [-0.4, -0.2) is 59.5 Å². The molecule has 1 spiro atoms. The molecule has 6 heteroatoms. The molecule has 3 aromatic rings. The third-order valence-electron chi connectivity index (χ3n) is 9.74. The molecule has 0 unspecified atom stereocenters. The van der Waals surface area contributed by atoms with Crippen LogP contribution in [0.15, 0.2) is 72.9 Å². The van der Waals surface area contributed by atoms with Gasteiger partial charge in [0.1, 0.15) is 0 Å². The number of amides is 1. The molecule has 0 bridgehead atoms. The largest absolute Gasteiger partial charge is 0.371 e. The van der Waals surface area contributed by atoms with Crippen molar-refractivity contribution in [2.24, 2.45) is 11.1 Å². The average molecular weight is 538 g/mol. The second-order valence-electron chi connectivity index (χ2n) is 12.6. The molecular weight excluding hydrogens is 494 g/mol. The molecule has 2 saturated heterocycles. The van der Waals surface area contributed by atoms with Gasteiger partial charge in [-0.15, -0.1) is 0 Å². The summed E-state index contributed by atoms with van der Waals surface area (Å²) in [6.07, 6.45) is 7.01. The van der Waals surface area contributed by atoms with Gasteiger partial charge in [0.25, 0.3) is 0 Å². The number of carbonyl (C=O) groups is 1. The van der Waals surface area contributed by atoms with E-state index in [4.69, 9.17) is 5.73 Å². The van der Waals surface area contributed by atoms with Crippen molar-refractivity contribution in [3.8, 4) is 0 Å². The summed E-state index contributed by atoms with van der Waals surface area (Å²) in [6, 6.07) is 24.3. The number of nitrogens with zero attached hydrogens (tertiary/aromatic N) is 4. The zero-order valence-corrected chi connectivity index (χ0v) is 24.0. The summed E-state index contributed by atoms with van der Waals surface area (Å²) < 4.78 is 0. The number of benzene rings is 2. The average Bonchev–Trinajstić information content (AvgIpc) is 2.97. The van der Waals surface area contributed by atoms with Gasteiger partial charge in [0.15, 0.2) is 0 Å². The minimum Gasteiger partial charge on any atom is -0.371 e. The van der Waals surface area contributed by atoms with Gasteiger partial charge in [-0.25, -0.2) is 0 Å².